The average Bonchev–Trinajstić information content (AvgIpc) is 2.57. The SMILES string of the molecule is Fc1ccc(-c2nsc(Cl)n2)cc1Br. The van der Waals surface area contributed by atoms with Crippen LogP contribution in [-0.4, -0.2) is 9.36 Å². The molecule has 2 aromatic rings. The molecule has 0 radical (unpaired) electrons. The van der Waals surface area contributed by atoms with Crippen molar-refractivity contribution in [3.63, 3.8) is 0 Å². The summed E-state index contributed by atoms with van der Waals surface area (Å²) in [5, 5.41) is 0. The predicted molar refractivity (Wildman–Crippen MR) is 58.0 cm³/mol. The predicted octanol–water partition coefficient (Wildman–Crippen LogP) is 3.76. The fourth-order valence-electron chi connectivity index (χ4n) is 0.957. The lowest BCUT2D eigenvalue weighted by Crippen LogP contribution is -1.82. The highest BCUT2D eigenvalue weighted by molar-refractivity contribution is 9.10. The molecule has 0 unspecified atom stereocenters. The van der Waals surface area contributed by atoms with Crippen molar-refractivity contribution in [2.45, 2.75) is 0 Å². The van der Waals surface area contributed by atoms with Gasteiger partial charge in [-0.1, -0.05) is 0 Å². The molecule has 0 atom stereocenters. The quantitative estimate of drug-likeness (QED) is 0.800. The molecule has 0 saturated carbocycles. The third-order valence-corrected chi connectivity index (χ3v) is 2.98. The molecule has 0 spiro atoms. The normalized spacial score (nSPS) is 10.5. The summed E-state index contributed by atoms with van der Waals surface area (Å²) in [6.07, 6.45) is 0. The van der Waals surface area contributed by atoms with E-state index >= 15 is 0 Å². The van der Waals surface area contributed by atoms with Crippen LogP contribution in [0.5, 0.6) is 0 Å². The lowest BCUT2D eigenvalue weighted by molar-refractivity contribution is 0.621. The van der Waals surface area contributed by atoms with Crippen LogP contribution in [0, 0.1) is 5.82 Å². The van der Waals surface area contributed by atoms with E-state index in [2.05, 4.69) is 25.3 Å². The zero-order valence-corrected chi connectivity index (χ0v) is 9.83. The van der Waals surface area contributed by atoms with E-state index in [1.54, 1.807) is 12.1 Å². The van der Waals surface area contributed by atoms with Gasteiger partial charge in [0, 0.05) is 5.56 Å². The maximum atomic E-state index is 12.9. The number of aromatic nitrogens is 2. The maximum Gasteiger partial charge on any atom is 0.203 e. The second-order valence-corrected chi connectivity index (χ2v) is 4.69. The van der Waals surface area contributed by atoms with Gasteiger partial charge in [0.1, 0.15) is 5.82 Å². The summed E-state index contributed by atoms with van der Waals surface area (Å²) in [7, 11) is 0. The molecule has 2 rings (SSSR count). The molecule has 0 amide bonds. The van der Waals surface area contributed by atoms with Crippen molar-refractivity contribution in [2.24, 2.45) is 0 Å². The van der Waals surface area contributed by atoms with Crippen LogP contribution in [0.1, 0.15) is 0 Å². The van der Waals surface area contributed by atoms with Crippen molar-refractivity contribution in [3.8, 4) is 11.4 Å². The van der Waals surface area contributed by atoms with Crippen molar-refractivity contribution in [1.29, 1.82) is 0 Å². The summed E-state index contributed by atoms with van der Waals surface area (Å²) in [6.45, 7) is 0. The summed E-state index contributed by atoms with van der Waals surface area (Å²) in [5.74, 6) is 0.204. The Morgan fingerprint density at radius 3 is 2.79 bits per heavy atom. The van der Waals surface area contributed by atoms with Crippen LogP contribution < -0.4 is 0 Å². The highest BCUT2D eigenvalue weighted by Crippen LogP contribution is 2.25. The second kappa shape index (κ2) is 3.92. The highest BCUT2D eigenvalue weighted by atomic mass is 79.9. The molecule has 2 nitrogen and oxygen atoms in total. The van der Waals surface area contributed by atoms with Gasteiger partial charge < -0.3 is 0 Å². The first kappa shape index (κ1) is 10.0. The molecule has 1 heterocycles. The van der Waals surface area contributed by atoms with E-state index in [1.807, 2.05) is 0 Å². The fraction of sp³-hybridized carbons (Fsp3) is 0. The number of hydrogen-bond donors (Lipinski definition) is 0. The van der Waals surface area contributed by atoms with Crippen molar-refractivity contribution in [3.05, 3.63) is 33.0 Å². The van der Waals surface area contributed by atoms with E-state index in [9.17, 15) is 4.39 Å². The molecule has 6 heteroatoms. The van der Waals surface area contributed by atoms with E-state index < -0.39 is 0 Å². The molecule has 0 fully saturated rings. The summed E-state index contributed by atoms with van der Waals surface area (Å²) < 4.78 is 17.7. The van der Waals surface area contributed by atoms with Crippen molar-refractivity contribution >= 4 is 39.1 Å². The van der Waals surface area contributed by atoms with Gasteiger partial charge in [-0.3, -0.25) is 0 Å². The topological polar surface area (TPSA) is 25.8 Å². The molecule has 0 aliphatic carbocycles. The third-order valence-electron chi connectivity index (χ3n) is 1.58. The summed E-state index contributed by atoms with van der Waals surface area (Å²) in [5.41, 5.74) is 0.737. The maximum absolute atomic E-state index is 12.9. The minimum atomic E-state index is -0.310. The van der Waals surface area contributed by atoms with Crippen LogP contribution in [0.25, 0.3) is 11.4 Å². The van der Waals surface area contributed by atoms with E-state index in [1.165, 1.54) is 6.07 Å². The van der Waals surface area contributed by atoms with Gasteiger partial charge in [0.25, 0.3) is 0 Å². The summed E-state index contributed by atoms with van der Waals surface area (Å²) >= 11 is 9.84. The molecule has 1 aromatic heterocycles. The van der Waals surface area contributed by atoms with E-state index in [-0.39, 0.29) is 5.82 Å². The zero-order chi connectivity index (χ0) is 10.1. The smallest absolute Gasteiger partial charge is 0.203 e. The molecule has 0 aliphatic rings. The number of halogens is 3. The number of benzene rings is 1. The first-order valence-electron chi connectivity index (χ1n) is 3.61. The lowest BCUT2D eigenvalue weighted by Gasteiger charge is -1.97. The van der Waals surface area contributed by atoms with E-state index in [0.717, 1.165) is 17.1 Å². The highest BCUT2D eigenvalue weighted by Gasteiger charge is 2.07. The Bertz CT molecular complexity index is 474. The van der Waals surface area contributed by atoms with Gasteiger partial charge in [-0.25, -0.2) is 9.37 Å². The largest absolute Gasteiger partial charge is 0.206 e. The van der Waals surface area contributed by atoms with Crippen LogP contribution in [-0.2, 0) is 0 Å². The van der Waals surface area contributed by atoms with Gasteiger partial charge in [0.2, 0.25) is 4.47 Å². The Labute approximate surface area is 97.0 Å². The minimum absolute atomic E-state index is 0.310. The van der Waals surface area contributed by atoms with Crippen molar-refractivity contribution < 1.29 is 4.39 Å². The molecular weight excluding hydrogens is 291 g/mol. The van der Waals surface area contributed by atoms with Gasteiger partial charge in [-0.05, 0) is 57.3 Å². The monoisotopic (exact) mass is 292 g/mol. The van der Waals surface area contributed by atoms with Gasteiger partial charge in [0.15, 0.2) is 5.82 Å². The molecule has 0 saturated heterocycles. The third kappa shape index (κ3) is 1.94. The lowest BCUT2D eigenvalue weighted by atomic mass is 10.2. The Morgan fingerprint density at radius 2 is 2.21 bits per heavy atom. The van der Waals surface area contributed by atoms with Crippen LogP contribution in [0.4, 0.5) is 4.39 Å². The standard InChI is InChI=1S/C8H3BrClFN2S/c9-5-3-4(1-2-6(5)11)7-12-8(10)14-13-7/h1-3H. The minimum Gasteiger partial charge on any atom is -0.206 e. The summed E-state index contributed by atoms with van der Waals surface area (Å²) in [6, 6.07) is 4.58. The first-order valence-corrected chi connectivity index (χ1v) is 5.56. The summed E-state index contributed by atoms with van der Waals surface area (Å²) in [4.78, 5) is 3.98. The van der Waals surface area contributed by atoms with Crippen molar-refractivity contribution in [1.82, 2.24) is 9.36 Å². The van der Waals surface area contributed by atoms with Gasteiger partial charge in [-0.15, -0.1) is 0 Å². The van der Waals surface area contributed by atoms with Crippen molar-refractivity contribution in [2.75, 3.05) is 0 Å². The van der Waals surface area contributed by atoms with Crippen LogP contribution >= 0.6 is 39.1 Å². The molecule has 72 valence electrons. The van der Waals surface area contributed by atoms with E-state index in [4.69, 9.17) is 11.6 Å². The molecule has 14 heavy (non-hydrogen) atoms. The van der Waals surface area contributed by atoms with Gasteiger partial charge in [-0.2, -0.15) is 4.37 Å². The number of nitrogens with zero attached hydrogens (tertiary/aromatic N) is 2. The molecular formula is C8H3BrClFN2S. The van der Waals surface area contributed by atoms with E-state index in [0.29, 0.717) is 14.8 Å². The molecule has 0 bridgehead atoms. The zero-order valence-electron chi connectivity index (χ0n) is 6.67. The average molecular weight is 294 g/mol. The first-order chi connectivity index (χ1) is 6.66. The van der Waals surface area contributed by atoms with Crippen LogP contribution in [0.2, 0.25) is 4.47 Å². The molecule has 1 aromatic carbocycles. The Morgan fingerprint density at radius 1 is 1.43 bits per heavy atom. The number of hydrogen-bond acceptors (Lipinski definition) is 3. The Balaban J connectivity index is 2.47. The second-order valence-electron chi connectivity index (χ2n) is 2.50. The Kier molecular flexibility index (Phi) is 2.80. The fourth-order valence-corrected chi connectivity index (χ4v) is 1.96. The molecule has 0 aliphatic heterocycles. The van der Waals surface area contributed by atoms with Crippen LogP contribution in [0.15, 0.2) is 22.7 Å². The van der Waals surface area contributed by atoms with Gasteiger partial charge >= 0.3 is 0 Å². The Hall–Kier alpha value is -0.520. The van der Waals surface area contributed by atoms with Gasteiger partial charge in [0.05, 0.1) is 4.47 Å². The van der Waals surface area contributed by atoms with Crippen LogP contribution in [0.3, 0.4) is 0 Å². The number of rotatable bonds is 1. The molecule has 0 N–H and O–H groups in total.